The first-order chi connectivity index (χ1) is 12.9. The second-order valence-corrected chi connectivity index (χ2v) is 10.7. The van der Waals surface area contributed by atoms with E-state index in [1.54, 1.807) is 0 Å². The van der Waals surface area contributed by atoms with Gasteiger partial charge >= 0.3 is 6.09 Å². The van der Waals surface area contributed by atoms with Crippen LogP contribution in [0, 0.1) is 5.92 Å². The first-order valence-corrected chi connectivity index (χ1v) is 12.0. The summed E-state index contributed by atoms with van der Waals surface area (Å²) >= 11 is 0. The van der Waals surface area contributed by atoms with E-state index in [1.807, 2.05) is 41.5 Å². The Bertz CT molecular complexity index is 643. The maximum Gasteiger partial charge on any atom is 0.408 e. The first kappa shape index (κ1) is 28.2. The number of alkyl carbamates (subject to hydrolysis) is 1. The first-order valence-electron chi connectivity index (χ1n) is 10.2. The highest BCUT2D eigenvalue weighted by atomic mass is 127. The number of carbonyl (C=O) groups is 1. The highest BCUT2D eigenvalue weighted by Crippen LogP contribution is 2.19. The van der Waals surface area contributed by atoms with Gasteiger partial charge in [-0.1, -0.05) is 13.8 Å². The summed E-state index contributed by atoms with van der Waals surface area (Å²) in [5, 5.41) is 9.42. The zero-order chi connectivity index (χ0) is 21.4. The van der Waals surface area contributed by atoms with Gasteiger partial charge in [0, 0.05) is 13.1 Å². The average molecular weight is 547 g/mol. The molecule has 1 heterocycles. The number of sulfone groups is 1. The number of guanidine groups is 1. The Morgan fingerprint density at radius 2 is 1.76 bits per heavy atom. The third kappa shape index (κ3) is 10.7. The van der Waals surface area contributed by atoms with Crippen molar-refractivity contribution in [2.45, 2.75) is 71.9 Å². The van der Waals surface area contributed by atoms with Crippen LogP contribution in [0.15, 0.2) is 4.99 Å². The Balaban J connectivity index is 0.00000784. The quantitative estimate of drug-likeness (QED) is 0.246. The van der Waals surface area contributed by atoms with Crippen molar-refractivity contribution in [2.24, 2.45) is 10.9 Å². The van der Waals surface area contributed by atoms with Crippen molar-refractivity contribution < 1.29 is 17.9 Å². The highest BCUT2D eigenvalue weighted by Gasteiger charge is 2.31. The molecule has 1 rings (SSSR count). The van der Waals surface area contributed by atoms with E-state index in [0.717, 1.165) is 0 Å². The van der Waals surface area contributed by atoms with Crippen molar-refractivity contribution in [2.75, 3.05) is 31.1 Å². The second kappa shape index (κ2) is 12.2. The normalized spacial score (nSPS) is 19.2. The Labute approximate surface area is 193 Å². The maximum absolute atomic E-state index is 12.3. The lowest BCUT2D eigenvalue weighted by molar-refractivity contribution is 0.0452. The number of carbonyl (C=O) groups excluding carboxylic acids is 1. The zero-order valence-corrected chi connectivity index (χ0v) is 21.8. The van der Waals surface area contributed by atoms with Gasteiger partial charge in [0.15, 0.2) is 15.8 Å². The zero-order valence-electron chi connectivity index (χ0n) is 18.6. The molecule has 172 valence electrons. The summed E-state index contributed by atoms with van der Waals surface area (Å²) in [6.07, 6.45) is 1.67. The van der Waals surface area contributed by atoms with Gasteiger partial charge in [-0.25, -0.2) is 13.2 Å². The molecule has 0 aromatic rings. The molecule has 1 unspecified atom stereocenters. The molecule has 0 aromatic carbocycles. The molecule has 10 heteroatoms. The summed E-state index contributed by atoms with van der Waals surface area (Å²) in [6.45, 7) is 13.2. The summed E-state index contributed by atoms with van der Waals surface area (Å²) in [7, 11) is -2.89. The summed E-state index contributed by atoms with van der Waals surface area (Å²) in [6, 6.07) is 0. The van der Waals surface area contributed by atoms with Crippen LogP contribution in [0.1, 0.15) is 60.8 Å². The molecule has 0 aromatic heterocycles. The van der Waals surface area contributed by atoms with E-state index in [4.69, 9.17) is 4.74 Å². The van der Waals surface area contributed by atoms with Crippen molar-refractivity contribution in [1.82, 2.24) is 16.0 Å². The fourth-order valence-corrected chi connectivity index (χ4v) is 4.92. The van der Waals surface area contributed by atoms with E-state index < -0.39 is 27.1 Å². The van der Waals surface area contributed by atoms with Gasteiger partial charge in [0.25, 0.3) is 0 Å². The van der Waals surface area contributed by atoms with E-state index in [-0.39, 0.29) is 41.4 Å². The Kier molecular flexibility index (Phi) is 11.8. The molecule has 3 N–H and O–H groups in total. The van der Waals surface area contributed by atoms with E-state index in [1.165, 1.54) is 0 Å². The lowest BCUT2D eigenvalue weighted by Gasteiger charge is -2.32. The number of hydrogen-bond donors (Lipinski definition) is 3. The van der Waals surface area contributed by atoms with Gasteiger partial charge in [0.1, 0.15) is 5.60 Å². The molecule has 1 fully saturated rings. The van der Waals surface area contributed by atoms with Gasteiger partial charge in [-0.15, -0.1) is 24.0 Å². The van der Waals surface area contributed by atoms with Crippen LogP contribution in [-0.2, 0) is 14.6 Å². The topological polar surface area (TPSA) is 109 Å². The SMILES string of the molecule is CCNC(=NCC(CC)(CC)NC(=O)OC(C)(C)C)NCC1CCS(=O)(=O)C1.I. The predicted octanol–water partition coefficient (Wildman–Crippen LogP) is 2.68. The lowest BCUT2D eigenvalue weighted by atomic mass is 9.93. The summed E-state index contributed by atoms with van der Waals surface area (Å²) in [5.74, 6) is 1.23. The van der Waals surface area contributed by atoms with Crippen LogP contribution in [0.5, 0.6) is 0 Å². The second-order valence-electron chi connectivity index (χ2n) is 8.46. The predicted molar refractivity (Wildman–Crippen MR) is 129 cm³/mol. The average Bonchev–Trinajstić information content (AvgIpc) is 2.93. The minimum atomic E-state index is -2.89. The van der Waals surface area contributed by atoms with Crippen LogP contribution in [-0.4, -0.2) is 62.8 Å². The molecule has 1 saturated heterocycles. The largest absolute Gasteiger partial charge is 0.444 e. The number of amides is 1. The number of halogens is 1. The molecule has 8 nitrogen and oxygen atoms in total. The van der Waals surface area contributed by atoms with Crippen molar-refractivity contribution in [3.8, 4) is 0 Å². The van der Waals surface area contributed by atoms with Crippen LogP contribution in [0.25, 0.3) is 0 Å². The summed E-state index contributed by atoms with van der Waals surface area (Å²) < 4.78 is 28.6. The molecular weight excluding hydrogens is 507 g/mol. The molecule has 0 aliphatic carbocycles. The van der Waals surface area contributed by atoms with Gasteiger partial charge < -0.3 is 20.7 Å². The molecule has 1 aliphatic heterocycles. The van der Waals surface area contributed by atoms with Crippen LogP contribution in [0.2, 0.25) is 0 Å². The van der Waals surface area contributed by atoms with Crippen molar-refractivity contribution in [3.63, 3.8) is 0 Å². The number of nitrogens with zero attached hydrogens (tertiary/aromatic N) is 1. The summed E-state index contributed by atoms with van der Waals surface area (Å²) in [5.41, 5.74) is -1.06. The number of hydrogen-bond acceptors (Lipinski definition) is 5. The van der Waals surface area contributed by atoms with Gasteiger partial charge in [0.2, 0.25) is 0 Å². The van der Waals surface area contributed by atoms with Crippen molar-refractivity contribution in [1.29, 1.82) is 0 Å². The van der Waals surface area contributed by atoms with E-state index >= 15 is 0 Å². The standard InChI is InChI=1S/C19H38N4O4S.HI/c1-7-19(8-2,23-17(24)27-18(4,5)6)14-22-16(20-9-3)21-12-15-10-11-28(25,26)13-15;/h15H,7-14H2,1-6H3,(H,23,24)(H2,20,21,22);1H. The Morgan fingerprint density at radius 3 is 2.21 bits per heavy atom. The monoisotopic (exact) mass is 546 g/mol. The van der Waals surface area contributed by atoms with Gasteiger partial charge in [-0.2, -0.15) is 0 Å². The van der Waals surface area contributed by atoms with Crippen LogP contribution < -0.4 is 16.0 Å². The van der Waals surface area contributed by atoms with Gasteiger partial charge in [-0.3, -0.25) is 4.99 Å². The van der Waals surface area contributed by atoms with E-state index in [2.05, 4.69) is 20.9 Å². The van der Waals surface area contributed by atoms with Crippen molar-refractivity contribution >= 4 is 45.9 Å². The Morgan fingerprint density at radius 1 is 1.14 bits per heavy atom. The van der Waals surface area contributed by atoms with Crippen molar-refractivity contribution in [3.05, 3.63) is 0 Å². The van der Waals surface area contributed by atoms with E-state index in [0.29, 0.717) is 44.9 Å². The Hall–Kier alpha value is -0.780. The fraction of sp³-hybridized carbons (Fsp3) is 0.895. The minimum Gasteiger partial charge on any atom is -0.444 e. The van der Waals surface area contributed by atoms with Gasteiger partial charge in [-0.05, 0) is 52.9 Å². The molecule has 0 radical (unpaired) electrons. The molecule has 29 heavy (non-hydrogen) atoms. The maximum atomic E-state index is 12.3. The van der Waals surface area contributed by atoms with E-state index in [9.17, 15) is 13.2 Å². The fourth-order valence-electron chi connectivity index (χ4n) is 3.06. The number of rotatable bonds is 8. The van der Waals surface area contributed by atoms with Crippen LogP contribution >= 0.6 is 24.0 Å². The third-order valence-corrected chi connectivity index (χ3v) is 6.73. The van der Waals surface area contributed by atoms with Gasteiger partial charge in [0.05, 0.1) is 23.6 Å². The third-order valence-electron chi connectivity index (χ3n) is 4.89. The molecule has 0 bridgehead atoms. The summed E-state index contributed by atoms with van der Waals surface area (Å²) in [4.78, 5) is 16.9. The number of aliphatic imine (C=N–C) groups is 1. The minimum absolute atomic E-state index is 0. The smallest absolute Gasteiger partial charge is 0.408 e. The molecular formula is C19H39IN4O4S. The van der Waals surface area contributed by atoms with Crippen LogP contribution in [0.3, 0.4) is 0 Å². The lowest BCUT2D eigenvalue weighted by Crippen LogP contribution is -2.52. The molecule has 0 spiro atoms. The molecule has 1 aliphatic rings. The molecule has 1 atom stereocenters. The molecule has 1 amide bonds. The number of nitrogens with one attached hydrogen (secondary N) is 3. The molecule has 0 saturated carbocycles. The van der Waals surface area contributed by atoms with Crippen LogP contribution in [0.4, 0.5) is 4.79 Å². The number of ether oxygens (including phenoxy) is 1. The highest BCUT2D eigenvalue weighted by molar-refractivity contribution is 14.0.